The number of carbonyl (C=O) groups excluding carboxylic acids is 6. The third kappa shape index (κ3) is 13.8. The second kappa shape index (κ2) is 21.1. The zero-order valence-corrected chi connectivity index (χ0v) is 36.7. The van der Waals surface area contributed by atoms with Gasteiger partial charge >= 0.3 is 5.97 Å². The number of aryl methyl sites for hydroxylation is 1. The van der Waals surface area contributed by atoms with E-state index in [2.05, 4.69) is 21.3 Å². The zero-order valence-electron chi connectivity index (χ0n) is 36.7. The standard InChI is InChI=1S/C44H70N6O9/c1-28(2)34(49(9)32(52)20-19-29-17-11-10-12-18-29)38(55)47-35(43(6,7)8)39(56)46-31(25-33(53)50-23-15-16-24-50)37(54)48-36(44(41(58)59)21-13-14-22-44)40(57)45-30(27-51)26-42(3,4)5/h10-12,17-18,28,30-31,34-36,51H,13-16,19-27H2,1-9H3,(H,45,57)(H,46,56)(H,47,55)(H,48,54)(H,58,59). The van der Waals surface area contributed by atoms with Gasteiger partial charge in [-0.3, -0.25) is 33.6 Å². The van der Waals surface area contributed by atoms with Gasteiger partial charge in [0.15, 0.2) is 0 Å². The topological polar surface area (TPSA) is 215 Å². The van der Waals surface area contributed by atoms with Crippen molar-refractivity contribution in [2.24, 2.45) is 22.2 Å². The molecule has 1 aromatic carbocycles. The van der Waals surface area contributed by atoms with Crippen molar-refractivity contribution in [2.75, 3.05) is 26.7 Å². The molecule has 2 aliphatic rings. The second-order valence-electron chi connectivity index (χ2n) is 19.1. The van der Waals surface area contributed by atoms with Gasteiger partial charge < -0.3 is 41.3 Å². The Bertz CT molecular complexity index is 1620. The number of benzene rings is 1. The molecular formula is C44H70N6O9. The van der Waals surface area contributed by atoms with Crippen molar-refractivity contribution in [1.82, 2.24) is 31.1 Å². The Morgan fingerprint density at radius 2 is 1.39 bits per heavy atom. The predicted molar refractivity (Wildman–Crippen MR) is 223 cm³/mol. The number of carboxylic acid groups (broad SMARTS) is 1. The summed E-state index contributed by atoms with van der Waals surface area (Å²) in [6, 6.07) is 3.46. The van der Waals surface area contributed by atoms with Crippen LogP contribution in [-0.4, -0.2) is 118 Å². The van der Waals surface area contributed by atoms with Gasteiger partial charge in [-0.25, -0.2) is 0 Å². The van der Waals surface area contributed by atoms with E-state index in [0.717, 1.165) is 18.4 Å². The van der Waals surface area contributed by atoms with Crippen molar-refractivity contribution in [3.63, 3.8) is 0 Å². The van der Waals surface area contributed by atoms with Crippen LogP contribution in [0.3, 0.4) is 0 Å². The van der Waals surface area contributed by atoms with Gasteiger partial charge in [-0.15, -0.1) is 0 Å². The molecule has 6 amide bonds. The van der Waals surface area contributed by atoms with Crippen LogP contribution in [-0.2, 0) is 40.0 Å². The third-order valence-electron chi connectivity index (χ3n) is 11.5. The van der Waals surface area contributed by atoms with Crippen LogP contribution in [0.1, 0.15) is 119 Å². The maximum atomic E-state index is 14.4. The lowest BCUT2D eigenvalue weighted by molar-refractivity contribution is -0.155. The molecule has 1 aromatic rings. The molecule has 1 heterocycles. The molecule has 59 heavy (non-hydrogen) atoms. The first kappa shape index (κ1) is 48.8. The Morgan fingerprint density at radius 1 is 0.797 bits per heavy atom. The van der Waals surface area contributed by atoms with Crippen molar-refractivity contribution >= 4 is 41.4 Å². The molecule has 5 unspecified atom stereocenters. The minimum Gasteiger partial charge on any atom is -0.481 e. The van der Waals surface area contributed by atoms with Crippen molar-refractivity contribution in [3.8, 4) is 0 Å². The van der Waals surface area contributed by atoms with Gasteiger partial charge in [0, 0.05) is 26.6 Å². The van der Waals surface area contributed by atoms with Gasteiger partial charge in [-0.1, -0.05) is 98.6 Å². The molecule has 1 saturated carbocycles. The van der Waals surface area contributed by atoms with Crippen molar-refractivity contribution in [3.05, 3.63) is 35.9 Å². The molecule has 1 saturated heterocycles. The van der Waals surface area contributed by atoms with E-state index in [4.69, 9.17) is 0 Å². The Morgan fingerprint density at radius 3 is 1.90 bits per heavy atom. The third-order valence-corrected chi connectivity index (χ3v) is 11.5. The largest absolute Gasteiger partial charge is 0.481 e. The fourth-order valence-electron chi connectivity index (χ4n) is 8.31. The molecular weight excluding hydrogens is 757 g/mol. The molecule has 15 nitrogen and oxygen atoms in total. The summed E-state index contributed by atoms with van der Waals surface area (Å²) >= 11 is 0. The summed E-state index contributed by atoms with van der Waals surface area (Å²) in [7, 11) is 1.56. The van der Waals surface area contributed by atoms with Crippen LogP contribution >= 0.6 is 0 Å². The predicted octanol–water partition coefficient (Wildman–Crippen LogP) is 3.17. The quantitative estimate of drug-likeness (QED) is 0.121. The highest BCUT2D eigenvalue weighted by Gasteiger charge is 2.53. The average Bonchev–Trinajstić information content (AvgIpc) is 3.88. The lowest BCUT2D eigenvalue weighted by Crippen LogP contribution is -2.64. The molecule has 3 rings (SSSR count). The average molecular weight is 827 g/mol. The molecule has 6 N–H and O–H groups in total. The minimum absolute atomic E-state index is 0.103. The summed E-state index contributed by atoms with van der Waals surface area (Å²) in [5, 5.41) is 31.6. The van der Waals surface area contributed by atoms with E-state index in [1.165, 1.54) is 4.90 Å². The highest BCUT2D eigenvalue weighted by molar-refractivity contribution is 5.99. The molecule has 0 aromatic heterocycles. The summed E-state index contributed by atoms with van der Waals surface area (Å²) in [5.74, 6) is -5.33. The van der Waals surface area contributed by atoms with Crippen LogP contribution < -0.4 is 21.3 Å². The summed E-state index contributed by atoms with van der Waals surface area (Å²) < 4.78 is 0. The van der Waals surface area contributed by atoms with Gasteiger partial charge in [0.25, 0.3) is 0 Å². The SMILES string of the molecule is CC(C)C(C(=O)NC(C(=O)NC(CC(=O)N1CCCC1)C(=O)NC(C(=O)NC(CO)CC(C)(C)C)C1(C(=O)O)CCCC1)C(C)(C)C)N(C)C(=O)CCc1ccccc1. The summed E-state index contributed by atoms with van der Waals surface area (Å²) in [5.41, 5.74) is -1.92. The van der Waals surface area contributed by atoms with Crippen LogP contribution in [0.25, 0.3) is 0 Å². The number of aliphatic hydroxyl groups excluding tert-OH is 1. The van der Waals surface area contributed by atoms with E-state index in [0.29, 0.717) is 38.8 Å². The summed E-state index contributed by atoms with van der Waals surface area (Å²) in [6.45, 7) is 15.1. The lowest BCUT2D eigenvalue weighted by Gasteiger charge is -2.37. The van der Waals surface area contributed by atoms with Gasteiger partial charge in [-0.2, -0.15) is 0 Å². The number of carbonyl (C=O) groups is 7. The molecule has 15 heteroatoms. The van der Waals surface area contributed by atoms with E-state index >= 15 is 0 Å². The molecule has 1 aliphatic carbocycles. The number of hydrogen-bond acceptors (Lipinski definition) is 8. The normalized spacial score (nSPS) is 17.9. The number of carboxylic acids is 1. The van der Waals surface area contributed by atoms with E-state index in [1.54, 1.807) is 46.6 Å². The lowest BCUT2D eigenvalue weighted by atomic mass is 9.77. The first-order valence-corrected chi connectivity index (χ1v) is 21.1. The number of nitrogens with zero attached hydrogens (tertiary/aromatic N) is 2. The number of nitrogens with one attached hydrogen (secondary N) is 4. The first-order chi connectivity index (χ1) is 27.5. The van der Waals surface area contributed by atoms with Gasteiger partial charge in [0.1, 0.15) is 24.2 Å². The molecule has 1 aliphatic heterocycles. The number of rotatable bonds is 19. The molecule has 330 valence electrons. The molecule has 5 atom stereocenters. The van der Waals surface area contributed by atoms with E-state index < -0.39 is 89.6 Å². The van der Waals surface area contributed by atoms with Gasteiger partial charge in [0.2, 0.25) is 35.4 Å². The van der Waals surface area contributed by atoms with Crippen LogP contribution in [0.4, 0.5) is 0 Å². The Labute approximate surface area is 350 Å². The molecule has 0 spiro atoms. The monoisotopic (exact) mass is 827 g/mol. The Hall–Kier alpha value is -4.53. The van der Waals surface area contributed by atoms with Crippen molar-refractivity contribution in [2.45, 2.75) is 150 Å². The zero-order chi connectivity index (χ0) is 44.3. The minimum atomic E-state index is -1.67. The van der Waals surface area contributed by atoms with Crippen LogP contribution in [0, 0.1) is 22.2 Å². The highest BCUT2D eigenvalue weighted by Crippen LogP contribution is 2.42. The van der Waals surface area contributed by atoms with Crippen molar-refractivity contribution in [1.29, 1.82) is 0 Å². The number of aliphatic carboxylic acids is 1. The number of hydrogen-bond donors (Lipinski definition) is 6. The Balaban J connectivity index is 1.93. The summed E-state index contributed by atoms with van der Waals surface area (Å²) in [4.78, 5) is 99.8. The molecule has 2 fully saturated rings. The first-order valence-electron chi connectivity index (χ1n) is 21.1. The molecule has 0 bridgehead atoms. The van der Waals surface area contributed by atoms with E-state index in [-0.39, 0.29) is 36.5 Å². The smallest absolute Gasteiger partial charge is 0.312 e. The van der Waals surface area contributed by atoms with E-state index in [9.17, 15) is 43.8 Å². The van der Waals surface area contributed by atoms with Gasteiger partial charge in [-0.05, 0) is 60.8 Å². The van der Waals surface area contributed by atoms with E-state index in [1.807, 2.05) is 51.1 Å². The maximum Gasteiger partial charge on any atom is 0.312 e. The van der Waals surface area contributed by atoms with Crippen LogP contribution in [0.2, 0.25) is 0 Å². The van der Waals surface area contributed by atoms with Crippen molar-refractivity contribution < 1.29 is 43.8 Å². The second-order valence-corrected chi connectivity index (χ2v) is 19.1. The number of amides is 6. The highest BCUT2D eigenvalue weighted by atomic mass is 16.4. The fraction of sp³-hybridized carbons (Fsp3) is 0.705. The molecule has 0 radical (unpaired) electrons. The van der Waals surface area contributed by atoms with Crippen LogP contribution in [0.5, 0.6) is 0 Å². The fourth-order valence-corrected chi connectivity index (χ4v) is 8.31. The van der Waals surface area contributed by atoms with Gasteiger partial charge in [0.05, 0.1) is 24.5 Å². The summed E-state index contributed by atoms with van der Waals surface area (Å²) in [6.07, 6.45) is 3.31. The number of likely N-dealkylation sites (N-methyl/N-ethyl adjacent to an activating group) is 1. The number of aliphatic hydroxyl groups is 1. The van der Waals surface area contributed by atoms with Crippen LogP contribution in [0.15, 0.2) is 30.3 Å². The maximum absolute atomic E-state index is 14.4. The number of likely N-dealkylation sites (tertiary alicyclic amines) is 1. The Kier molecular flexibility index (Phi) is 17.5.